The minimum absolute atomic E-state index is 0.140. The summed E-state index contributed by atoms with van der Waals surface area (Å²) in [7, 11) is 3.08. The van der Waals surface area contributed by atoms with Crippen LogP contribution in [-0.4, -0.2) is 24.7 Å². The molecule has 0 aliphatic rings. The number of rotatable bonds is 4. The van der Waals surface area contributed by atoms with Gasteiger partial charge in [0.2, 0.25) is 0 Å². The zero-order chi connectivity index (χ0) is 21.3. The fourth-order valence-corrected chi connectivity index (χ4v) is 4.12. The maximum atomic E-state index is 12.8. The van der Waals surface area contributed by atoms with E-state index in [1.54, 1.807) is 48.1 Å². The molecule has 2 aromatic heterocycles. The number of terminal acetylenes is 1. The SMILES string of the molecule is C#CCn1c(=NC(=O)c2cc(=O)c3ccccc3o2)sc2cc(OC)c(OC)cc21. The summed E-state index contributed by atoms with van der Waals surface area (Å²) in [4.78, 5) is 29.6. The molecule has 0 N–H and O–H groups in total. The highest BCUT2D eigenvalue weighted by Gasteiger charge is 2.15. The van der Waals surface area contributed by atoms with Crippen LogP contribution in [0.5, 0.6) is 11.5 Å². The largest absolute Gasteiger partial charge is 0.493 e. The molecule has 4 rings (SSSR count). The van der Waals surface area contributed by atoms with E-state index in [4.69, 9.17) is 20.3 Å². The van der Waals surface area contributed by atoms with E-state index in [-0.39, 0.29) is 17.7 Å². The monoisotopic (exact) mass is 420 g/mol. The highest BCUT2D eigenvalue weighted by molar-refractivity contribution is 7.16. The number of aromatic nitrogens is 1. The van der Waals surface area contributed by atoms with Gasteiger partial charge in [-0.25, -0.2) is 0 Å². The van der Waals surface area contributed by atoms with E-state index in [2.05, 4.69) is 10.9 Å². The van der Waals surface area contributed by atoms with Gasteiger partial charge in [-0.2, -0.15) is 4.99 Å². The lowest BCUT2D eigenvalue weighted by atomic mass is 10.2. The Morgan fingerprint density at radius 3 is 2.67 bits per heavy atom. The van der Waals surface area contributed by atoms with Crippen LogP contribution < -0.4 is 19.7 Å². The molecule has 0 fully saturated rings. The van der Waals surface area contributed by atoms with E-state index in [1.807, 2.05) is 0 Å². The predicted octanol–water partition coefficient (Wildman–Crippen LogP) is 3.20. The lowest BCUT2D eigenvalue weighted by Crippen LogP contribution is -2.17. The van der Waals surface area contributed by atoms with Crippen molar-refractivity contribution in [2.75, 3.05) is 14.2 Å². The maximum absolute atomic E-state index is 12.8. The van der Waals surface area contributed by atoms with Crippen LogP contribution >= 0.6 is 11.3 Å². The van der Waals surface area contributed by atoms with Crippen LogP contribution in [0.4, 0.5) is 0 Å². The van der Waals surface area contributed by atoms with E-state index in [0.717, 1.165) is 16.3 Å². The zero-order valence-corrected chi connectivity index (χ0v) is 17.0. The van der Waals surface area contributed by atoms with Crippen LogP contribution in [0.15, 0.2) is 56.7 Å². The summed E-state index contributed by atoms with van der Waals surface area (Å²) in [6, 6.07) is 11.5. The molecule has 0 aliphatic carbocycles. The van der Waals surface area contributed by atoms with Crippen molar-refractivity contribution in [1.82, 2.24) is 4.57 Å². The first-order valence-corrected chi connectivity index (χ1v) is 9.68. The van der Waals surface area contributed by atoms with Crippen molar-refractivity contribution < 1.29 is 18.7 Å². The molecule has 0 unspecified atom stereocenters. The third-order valence-electron chi connectivity index (χ3n) is 4.48. The number of nitrogens with zero attached hydrogens (tertiary/aromatic N) is 2. The van der Waals surface area contributed by atoms with Crippen molar-refractivity contribution in [3.05, 3.63) is 63.2 Å². The molecule has 30 heavy (non-hydrogen) atoms. The van der Waals surface area contributed by atoms with Crippen molar-refractivity contribution in [3.8, 4) is 23.8 Å². The smallest absolute Gasteiger partial charge is 0.315 e. The number of hydrogen-bond acceptors (Lipinski definition) is 6. The maximum Gasteiger partial charge on any atom is 0.315 e. The first-order valence-electron chi connectivity index (χ1n) is 8.86. The van der Waals surface area contributed by atoms with Gasteiger partial charge in [0, 0.05) is 18.2 Å². The second-order valence-corrected chi connectivity index (χ2v) is 7.25. The third-order valence-corrected chi connectivity index (χ3v) is 5.52. The number of ether oxygens (including phenoxy) is 2. The molecule has 2 aromatic carbocycles. The minimum atomic E-state index is -0.672. The second-order valence-electron chi connectivity index (χ2n) is 6.24. The van der Waals surface area contributed by atoms with Gasteiger partial charge < -0.3 is 18.5 Å². The van der Waals surface area contributed by atoms with E-state index in [0.29, 0.717) is 27.3 Å². The average molecular weight is 420 g/mol. The van der Waals surface area contributed by atoms with Crippen molar-refractivity contribution in [1.29, 1.82) is 0 Å². The van der Waals surface area contributed by atoms with Crippen LogP contribution in [0.1, 0.15) is 10.6 Å². The summed E-state index contributed by atoms with van der Waals surface area (Å²) in [6.07, 6.45) is 5.52. The Hall–Kier alpha value is -3.83. The molecule has 0 aliphatic heterocycles. The summed E-state index contributed by atoms with van der Waals surface area (Å²) in [6.45, 7) is 0.198. The van der Waals surface area contributed by atoms with Crippen molar-refractivity contribution in [3.63, 3.8) is 0 Å². The van der Waals surface area contributed by atoms with Gasteiger partial charge in [-0.3, -0.25) is 9.59 Å². The molecule has 0 spiro atoms. The summed E-state index contributed by atoms with van der Waals surface area (Å²) in [5.74, 6) is 2.84. The molecule has 7 nitrogen and oxygen atoms in total. The van der Waals surface area contributed by atoms with Crippen LogP contribution in [0.2, 0.25) is 0 Å². The number of para-hydroxylation sites is 1. The Bertz CT molecular complexity index is 1450. The Labute approximate surface area is 174 Å². The summed E-state index contributed by atoms with van der Waals surface area (Å²) in [5, 5.41) is 0.400. The molecule has 0 saturated carbocycles. The summed E-state index contributed by atoms with van der Waals surface area (Å²) >= 11 is 1.27. The van der Waals surface area contributed by atoms with Crippen LogP contribution in [-0.2, 0) is 6.54 Å². The molecule has 0 radical (unpaired) electrons. The van der Waals surface area contributed by atoms with Crippen molar-refractivity contribution in [2.24, 2.45) is 4.99 Å². The first kappa shape index (κ1) is 19.5. The van der Waals surface area contributed by atoms with Gasteiger partial charge in [-0.1, -0.05) is 29.4 Å². The molecule has 0 bridgehead atoms. The van der Waals surface area contributed by atoms with Gasteiger partial charge in [0.05, 0.1) is 36.4 Å². The third kappa shape index (κ3) is 3.36. The first-order chi connectivity index (χ1) is 14.5. The predicted molar refractivity (Wildman–Crippen MR) is 114 cm³/mol. The van der Waals surface area contributed by atoms with Gasteiger partial charge >= 0.3 is 5.91 Å². The number of thiazole rings is 1. The second kappa shape index (κ2) is 7.89. The highest BCUT2D eigenvalue weighted by atomic mass is 32.1. The van der Waals surface area contributed by atoms with Crippen LogP contribution in [0.3, 0.4) is 0 Å². The van der Waals surface area contributed by atoms with Gasteiger partial charge in [0.1, 0.15) is 5.58 Å². The highest BCUT2D eigenvalue weighted by Crippen LogP contribution is 2.33. The molecular weight excluding hydrogens is 404 g/mol. The van der Waals surface area contributed by atoms with Crippen LogP contribution in [0, 0.1) is 12.3 Å². The molecule has 0 saturated heterocycles. The quantitative estimate of drug-likeness (QED) is 0.474. The van der Waals surface area contributed by atoms with Gasteiger partial charge in [-0.05, 0) is 12.1 Å². The van der Waals surface area contributed by atoms with Gasteiger partial charge in [0.25, 0.3) is 0 Å². The number of amides is 1. The molecule has 8 heteroatoms. The Morgan fingerprint density at radius 1 is 1.20 bits per heavy atom. The van der Waals surface area contributed by atoms with E-state index >= 15 is 0 Å². The molecular formula is C22H16N2O5S. The minimum Gasteiger partial charge on any atom is -0.493 e. The van der Waals surface area contributed by atoms with E-state index in [1.165, 1.54) is 18.4 Å². The summed E-state index contributed by atoms with van der Waals surface area (Å²) < 4.78 is 18.8. The lowest BCUT2D eigenvalue weighted by Gasteiger charge is -2.08. The molecule has 150 valence electrons. The topological polar surface area (TPSA) is 83.0 Å². The number of carbonyl (C=O) groups excluding carboxylic acids is 1. The standard InChI is InChI=1S/C22H16N2O5S/c1-4-9-24-14-10-17(27-2)18(28-3)12-20(14)30-22(24)23-21(26)19-11-15(25)13-7-5-6-8-16(13)29-19/h1,5-8,10-12H,9H2,2-3H3. The summed E-state index contributed by atoms with van der Waals surface area (Å²) in [5.41, 5.74) is 0.769. The zero-order valence-electron chi connectivity index (χ0n) is 16.2. The molecule has 4 aromatic rings. The fourth-order valence-electron chi connectivity index (χ4n) is 3.08. The molecule has 0 atom stereocenters. The molecule has 1 amide bonds. The number of methoxy groups -OCH3 is 2. The van der Waals surface area contributed by atoms with Gasteiger partial charge in [-0.15, -0.1) is 6.42 Å². The number of benzene rings is 2. The Kier molecular flexibility index (Phi) is 5.12. The van der Waals surface area contributed by atoms with Gasteiger partial charge in [0.15, 0.2) is 27.5 Å². The van der Waals surface area contributed by atoms with E-state index < -0.39 is 5.91 Å². The van der Waals surface area contributed by atoms with E-state index in [9.17, 15) is 9.59 Å². The number of fused-ring (bicyclic) bond motifs is 2. The number of carbonyl (C=O) groups is 1. The Morgan fingerprint density at radius 2 is 1.93 bits per heavy atom. The average Bonchev–Trinajstić information content (AvgIpc) is 3.08. The van der Waals surface area contributed by atoms with Crippen molar-refractivity contribution >= 4 is 38.4 Å². The fraction of sp³-hybridized carbons (Fsp3) is 0.136. The lowest BCUT2D eigenvalue weighted by molar-refractivity contribution is 0.0972. The Balaban J connectivity index is 1.89. The van der Waals surface area contributed by atoms with Crippen molar-refractivity contribution in [2.45, 2.75) is 6.54 Å². The normalized spacial score (nSPS) is 11.6. The van der Waals surface area contributed by atoms with Crippen LogP contribution in [0.25, 0.3) is 21.2 Å². The number of hydrogen-bond donors (Lipinski definition) is 0. The molecule has 2 heterocycles.